The molecule has 1 saturated carbocycles. The fourth-order valence-electron chi connectivity index (χ4n) is 1.65. The average molecular weight is 225 g/mol. The summed E-state index contributed by atoms with van der Waals surface area (Å²) in [7, 11) is 2.11. The molecule has 1 aliphatic rings. The molecule has 0 aromatic carbocycles. The summed E-state index contributed by atoms with van der Waals surface area (Å²) in [6.07, 6.45) is 4.76. The van der Waals surface area contributed by atoms with E-state index < -0.39 is 6.04 Å². The summed E-state index contributed by atoms with van der Waals surface area (Å²) < 4.78 is 0. The Morgan fingerprint density at radius 1 is 1.69 bits per heavy atom. The number of carbonyl (C=O) groups is 1. The van der Waals surface area contributed by atoms with Crippen LogP contribution in [-0.4, -0.2) is 42.5 Å². The number of hydrogen-bond acceptors (Lipinski definition) is 3. The van der Waals surface area contributed by atoms with E-state index in [4.69, 9.17) is 5.73 Å². The number of nitrogens with zero attached hydrogens (tertiary/aromatic N) is 1. The highest BCUT2D eigenvalue weighted by atomic mass is 16.2. The van der Waals surface area contributed by atoms with Crippen molar-refractivity contribution in [2.24, 2.45) is 5.73 Å². The predicted molar refractivity (Wildman–Crippen MR) is 66.0 cm³/mol. The van der Waals surface area contributed by atoms with Gasteiger partial charge in [-0.1, -0.05) is 6.08 Å². The summed E-state index contributed by atoms with van der Waals surface area (Å²) in [5.41, 5.74) is 5.67. The van der Waals surface area contributed by atoms with Crippen LogP contribution in [0.25, 0.3) is 0 Å². The summed E-state index contributed by atoms with van der Waals surface area (Å²) in [4.78, 5) is 13.9. The largest absolute Gasteiger partial charge is 0.353 e. The van der Waals surface area contributed by atoms with Crippen molar-refractivity contribution in [2.75, 3.05) is 13.6 Å². The Kier molecular flexibility index (Phi) is 4.96. The van der Waals surface area contributed by atoms with Gasteiger partial charge in [0.2, 0.25) is 5.91 Å². The Labute approximate surface area is 97.9 Å². The Morgan fingerprint density at radius 2 is 2.31 bits per heavy atom. The molecule has 1 fully saturated rings. The van der Waals surface area contributed by atoms with Gasteiger partial charge in [-0.25, -0.2) is 0 Å². The second kappa shape index (κ2) is 6.01. The molecule has 3 N–H and O–H groups in total. The minimum Gasteiger partial charge on any atom is -0.353 e. The number of likely N-dealkylation sites (N-methyl/N-ethyl adjacent to an activating group) is 1. The molecule has 2 atom stereocenters. The monoisotopic (exact) mass is 225 g/mol. The zero-order valence-electron chi connectivity index (χ0n) is 10.3. The third kappa shape index (κ3) is 3.94. The molecular weight excluding hydrogens is 202 g/mol. The molecule has 4 heteroatoms. The first-order valence-corrected chi connectivity index (χ1v) is 5.92. The molecule has 0 aromatic heterocycles. The summed E-state index contributed by atoms with van der Waals surface area (Å²) in [6.45, 7) is 6.36. The van der Waals surface area contributed by atoms with Crippen LogP contribution in [0.2, 0.25) is 0 Å². The second-order valence-electron chi connectivity index (χ2n) is 4.62. The van der Waals surface area contributed by atoms with E-state index in [1.165, 1.54) is 12.8 Å². The Bertz CT molecular complexity index is 251. The van der Waals surface area contributed by atoms with Gasteiger partial charge in [-0.3, -0.25) is 9.69 Å². The molecule has 4 nitrogen and oxygen atoms in total. The lowest BCUT2D eigenvalue weighted by Crippen LogP contribution is -2.46. The molecule has 0 bridgehead atoms. The first-order chi connectivity index (χ1) is 7.56. The molecule has 2 unspecified atom stereocenters. The van der Waals surface area contributed by atoms with Crippen molar-refractivity contribution in [3.8, 4) is 0 Å². The number of nitrogens with two attached hydrogens (primary N) is 1. The van der Waals surface area contributed by atoms with Gasteiger partial charge in [0.05, 0.1) is 6.04 Å². The van der Waals surface area contributed by atoms with Crippen LogP contribution in [0.1, 0.15) is 26.2 Å². The molecular formula is C12H23N3O. The van der Waals surface area contributed by atoms with Crippen LogP contribution in [0.15, 0.2) is 12.7 Å². The minimum absolute atomic E-state index is 0.0871. The molecule has 92 valence electrons. The minimum atomic E-state index is -0.462. The van der Waals surface area contributed by atoms with Crippen molar-refractivity contribution < 1.29 is 4.79 Å². The van der Waals surface area contributed by atoms with Crippen LogP contribution in [-0.2, 0) is 4.79 Å². The summed E-state index contributed by atoms with van der Waals surface area (Å²) >= 11 is 0. The van der Waals surface area contributed by atoms with Gasteiger partial charge in [0.15, 0.2) is 0 Å². The lowest BCUT2D eigenvalue weighted by Gasteiger charge is -2.25. The number of carbonyl (C=O) groups excluding carboxylic acids is 1. The molecule has 0 radical (unpaired) electrons. The maximum Gasteiger partial charge on any atom is 0.237 e. The molecule has 1 rings (SSSR count). The molecule has 0 saturated heterocycles. The van der Waals surface area contributed by atoms with Crippen molar-refractivity contribution in [2.45, 2.75) is 44.3 Å². The number of amides is 1. The predicted octanol–water partition coefficient (Wildman–Crippen LogP) is 0.489. The Hall–Kier alpha value is -0.870. The molecule has 0 heterocycles. The highest BCUT2D eigenvalue weighted by molar-refractivity contribution is 5.81. The summed E-state index contributed by atoms with van der Waals surface area (Å²) in [5, 5.41) is 2.88. The lowest BCUT2D eigenvalue weighted by atomic mass is 10.2. The first kappa shape index (κ1) is 13.2. The summed E-state index contributed by atoms with van der Waals surface area (Å²) in [6, 6.07) is 0.622. The fourth-order valence-corrected chi connectivity index (χ4v) is 1.65. The summed E-state index contributed by atoms with van der Waals surface area (Å²) in [5.74, 6) is -0.0871. The fraction of sp³-hybridized carbons (Fsp3) is 0.750. The zero-order chi connectivity index (χ0) is 12.1. The van der Waals surface area contributed by atoms with Crippen molar-refractivity contribution in [3.63, 3.8) is 0 Å². The number of rotatable bonds is 7. The lowest BCUT2D eigenvalue weighted by molar-refractivity contribution is -0.122. The van der Waals surface area contributed by atoms with Crippen LogP contribution in [0.3, 0.4) is 0 Å². The van der Waals surface area contributed by atoms with E-state index in [0.717, 1.165) is 0 Å². The van der Waals surface area contributed by atoms with Crippen molar-refractivity contribution in [1.29, 1.82) is 0 Å². The van der Waals surface area contributed by atoms with Crippen molar-refractivity contribution >= 4 is 5.91 Å². The highest BCUT2D eigenvalue weighted by Crippen LogP contribution is 2.26. The van der Waals surface area contributed by atoms with Gasteiger partial charge in [0.25, 0.3) is 0 Å². The number of nitrogens with one attached hydrogen (secondary N) is 1. The molecule has 0 aliphatic heterocycles. The van der Waals surface area contributed by atoms with Crippen molar-refractivity contribution in [3.05, 3.63) is 12.7 Å². The van der Waals surface area contributed by atoms with E-state index in [-0.39, 0.29) is 5.91 Å². The molecule has 1 aliphatic carbocycles. The van der Waals surface area contributed by atoms with E-state index in [0.29, 0.717) is 25.0 Å². The zero-order valence-corrected chi connectivity index (χ0v) is 10.3. The van der Waals surface area contributed by atoms with Gasteiger partial charge in [0, 0.05) is 18.6 Å². The van der Waals surface area contributed by atoms with Crippen LogP contribution in [0.5, 0.6) is 0 Å². The third-order valence-corrected chi connectivity index (χ3v) is 3.15. The maximum absolute atomic E-state index is 11.5. The van der Waals surface area contributed by atoms with Gasteiger partial charge < -0.3 is 11.1 Å². The average Bonchev–Trinajstić information content (AvgIpc) is 3.08. The van der Waals surface area contributed by atoms with E-state index in [9.17, 15) is 4.79 Å². The van der Waals surface area contributed by atoms with E-state index in [1.807, 2.05) is 0 Å². The Balaban J connectivity index is 2.21. The van der Waals surface area contributed by atoms with Gasteiger partial charge in [0.1, 0.15) is 0 Å². The van der Waals surface area contributed by atoms with Crippen LogP contribution in [0, 0.1) is 0 Å². The van der Waals surface area contributed by atoms with Gasteiger partial charge in [-0.2, -0.15) is 0 Å². The van der Waals surface area contributed by atoms with Gasteiger partial charge >= 0.3 is 0 Å². The van der Waals surface area contributed by atoms with Crippen LogP contribution >= 0.6 is 0 Å². The maximum atomic E-state index is 11.5. The quantitative estimate of drug-likeness (QED) is 0.620. The SMILES string of the molecule is C=CCC(N)C(=O)NCC(C)N(C)C1CC1. The van der Waals surface area contributed by atoms with Crippen LogP contribution in [0.4, 0.5) is 0 Å². The smallest absolute Gasteiger partial charge is 0.237 e. The molecule has 0 aromatic rings. The molecule has 16 heavy (non-hydrogen) atoms. The molecule has 0 spiro atoms. The van der Waals surface area contributed by atoms with Crippen LogP contribution < -0.4 is 11.1 Å². The standard InChI is InChI=1S/C12H23N3O/c1-4-5-11(13)12(16)14-8-9(2)15(3)10-6-7-10/h4,9-11H,1,5-8,13H2,2-3H3,(H,14,16). The van der Waals surface area contributed by atoms with Crippen molar-refractivity contribution in [1.82, 2.24) is 10.2 Å². The Morgan fingerprint density at radius 3 is 2.81 bits per heavy atom. The highest BCUT2D eigenvalue weighted by Gasteiger charge is 2.29. The first-order valence-electron chi connectivity index (χ1n) is 5.92. The second-order valence-corrected chi connectivity index (χ2v) is 4.62. The number of hydrogen-bond donors (Lipinski definition) is 2. The normalized spacial score (nSPS) is 19.2. The topological polar surface area (TPSA) is 58.4 Å². The van der Waals surface area contributed by atoms with E-state index >= 15 is 0 Å². The van der Waals surface area contributed by atoms with Gasteiger partial charge in [-0.05, 0) is 33.2 Å². The third-order valence-electron chi connectivity index (χ3n) is 3.15. The van der Waals surface area contributed by atoms with E-state index in [1.54, 1.807) is 6.08 Å². The van der Waals surface area contributed by atoms with E-state index in [2.05, 4.69) is 30.8 Å². The van der Waals surface area contributed by atoms with Gasteiger partial charge in [-0.15, -0.1) is 6.58 Å². The molecule has 1 amide bonds.